The van der Waals surface area contributed by atoms with Crippen LogP contribution in [0, 0.1) is 10.8 Å². The van der Waals surface area contributed by atoms with Gasteiger partial charge >= 0.3 is 0 Å². The van der Waals surface area contributed by atoms with E-state index in [1.165, 1.54) is 12.3 Å². The molecule has 2 heterocycles. The van der Waals surface area contributed by atoms with Crippen LogP contribution in [0.3, 0.4) is 0 Å². The Kier molecular flexibility index (Phi) is 6.27. The third-order valence-electron chi connectivity index (χ3n) is 5.83. The molecule has 180 valence electrons. The number of nitrogens with zero attached hydrogens (tertiary/aromatic N) is 3. The lowest BCUT2D eigenvalue weighted by atomic mass is 10.1. The number of benzene rings is 1. The Hall–Kier alpha value is -2.09. The largest absolute Gasteiger partial charge is 0.368 e. The maximum absolute atomic E-state index is 13.2. The summed E-state index contributed by atoms with van der Waals surface area (Å²) in [6.45, 7) is 7.21. The van der Waals surface area contributed by atoms with Crippen molar-refractivity contribution >= 4 is 48.6 Å². The Balaban J connectivity index is 1.82. The molecule has 0 amide bonds. The van der Waals surface area contributed by atoms with E-state index in [0.29, 0.717) is 29.7 Å². The highest BCUT2D eigenvalue weighted by molar-refractivity contribution is 8.26. The van der Waals surface area contributed by atoms with Crippen molar-refractivity contribution in [3.8, 4) is 0 Å². The van der Waals surface area contributed by atoms with Gasteiger partial charge < -0.3 is 10.2 Å². The molecule has 1 saturated carbocycles. The Labute approximate surface area is 195 Å². The molecule has 1 aliphatic carbocycles. The van der Waals surface area contributed by atoms with Crippen LogP contribution in [-0.4, -0.2) is 65.5 Å². The van der Waals surface area contributed by atoms with Crippen molar-refractivity contribution in [2.45, 2.75) is 62.6 Å². The normalized spacial score (nSPS) is 22.7. The summed E-state index contributed by atoms with van der Waals surface area (Å²) in [5, 5.41) is 22.5. The van der Waals surface area contributed by atoms with Crippen molar-refractivity contribution in [1.29, 1.82) is 10.8 Å². The smallest absolute Gasteiger partial charge is 0.286 e. The quantitative estimate of drug-likeness (QED) is 0.370. The Bertz CT molecular complexity index is 1200. The van der Waals surface area contributed by atoms with Gasteiger partial charge in [-0.15, -0.1) is 0 Å². The summed E-state index contributed by atoms with van der Waals surface area (Å²) in [6, 6.07) is 3.37. The first kappa shape index (κ1) is 24.0. The number of hydrogen-bond donors (Lipinski definition) is 4. The van der Waals surface area contributed by atoms with E-state index in [2.05, 4.69) is 20.0 Å². The Morgan fingerprint density at radius 1 is 1.27 bits per heavy atom. The number of rotatable bonds is 5. The second-order valence-corrected chi connectivity index (χ2v) is 11.8. The average Bonchev–Trinajstić information content (AvgIpc) is 3.26. The van der Waals surface area contributed by atoms with Gasteiger partial charge in [-0.3, -0.25) is 10.8 Å². The molecule has 2 aromatic rings. The van der Waals surface area contributed by atoms with Gasteiger partial charge in [-0.05, 0) is 57.5 Å². The van der Waals surface area contributed by atoms with E-state index in [9.17, 15) is 17.2 Å². The van der Waals surface area contributed by atoms with Gasteiger partial charge in [0, 0.05) is 41.8 Å². The number of hydrogen-bond acceptors (Lipinski definition) is 8. The number of halogens is 2. The first-order valence-electron chi connectivity index (χ1n) is 10.6. The predicted octanol–water partition coefficient (Wildman–Crippen LogP) is 2.81. The van der Waals surface area contributed by atoms with Crippen molar-refractivity contribution in [2.24, 2.45) is 0 Å². The van der Waals surface area contributed by atoms with Crippen LogP contribution in [0.15, 0.2) is 23.2 Å². The molecular weight excluding hydrogens is 472 g/mol. The molecule has 0 unspecified atom stereocenters. The van der Waals surface area contributed by atoms with Gasteiger partial charge in [0.1, 0.15) is 5.04 Å². The summed E-state index contributed by atoms with van der Waals surface area (Å²) < 4.78 is 55.9. The number of thioether (sulfide) groups is 1. The van der Waals surface area contributed by atoms with Crippen molar-refractivity contribution < 1.29 is 17.2 Å². The molecular formula is C20H27F2N7O2S2. The molecule has 0 radical (unpaired) electrons. The van der Waals surface area contributed by atoms with Crippen LogP contribution in [0.25, 0.3) is 10.9 Å². The number of sulfonamides is 1. The number of nitrogens with one attached hydrogen (secondary N) is 4. The van der Waals surface area contributed by atoms with E-state index in [-0.39, 0.29) is 28.7 Å². The van der Waals surface area contributed by atoms with Crippen LogP contribution < -0.4 is 14.9 Å². The van der Waals surface area contributed by atoms with E-state index in [1.54, 1.807) is 6.07 Å². The molecule has 13 heteroatoms. The van der Waals surface area contributed by atoms with E-state index in [0.717, 1.165) is 17.5 Å². The molecule has 4 N–H and O–H groups in total. The molecule has 0 bridgehead atoms. The molecule has 9 nitrogen and oxygen atoms in total. The molecule has 2 atom stereocenters. The van der Waals surface area contributed by atoms with Gasteiger partial charge in [0.15, 0.2) is 5.17 Å². The minimum absolute atomic E-state index is 0.0282. The summed E-state index contributed by atoms with van der Waals surface area (Å²) in [4.78, 5) is 2.11. The fourth-order valence-electron chi connectivity index (χ4n) is 4.05. The number of aromatic nitrogens is 2. The van der Waals surface area contributed by atoms with E-state index < -0.39 is 32.2 Å². The molecule has 1 aliphatic heterocycles. The third-order valence-corrected chi connectivity index (χ3v) is 8.21. The maximum atomic E-state index is 13.2. The summed E-state index contributed by atoms with van der Waals surface area (Å²) in [5.74, 6) is 0. The van der Waals surface area contributed by atoms with Gasteiger partial charge in [-0.1, -0.05) is 0 Å². The van der Waals surface area contributed by atoms with Crippen molar-refractivity contribution in [3.05, 3.63) is 18.3 Å². The second kappa shape index (κ2) is 8.60. The Morgan fingerprint density at radius 3 is 2.48 bits per heavy atom. The van der Waals surface area contributed by atoms with Crippen LogP contribution in [0.5, 0.6) is 0 Å². The number of anilines is 1. The fraction of sp³-hybridized carbons (Fsp3) is 0.550. The average molecular weight is 500 g/mol. The standard InChI is InChI=1S/C20H27F2N7O2S2/c1-11-9-28(10-12(2)26-11)15-6-13(33(30,31)27-20(3)4-5-20)7-16-14(15)8-25-29(16)19(24)32-18(23)17(21)22/h6-8,11-12,17,23-24,26-27H,4-5,9-10H2,1-3H3/t11-,12-/m0/s1. The molecule has 1 saturated heterocycles. The minimum Gasteiger partial charge on any atom is -0.368 e. The zero-order valence-electron chi connectivity index (χ0n) is 18.5. The molecule has 4 rings (SSSR count). The fourth-order valence-corrected chi connectivity index (χ4v) is 6.08. The first-order valence-corrected chi connectivity index (χ1v) is 12.9. The summed E-state index contributed by atoms with van der Waals surface area (Å²) in [6.07, 6.45) is 0.0115. The van der Waals surface area contributed by atoms with E-state index >= 15 is 0 Å². The van der Waals surface area contributed by atoms with Crippen molar-refractivity contribution in [3.63, 3.8) is 0 Å². The second-order valence-electron chi connectivity index (χ2n) is 9.04. The number of fused-ring (bicyclic) bond motifs is 1. The maximum Gasteiger partial charge on any atom is 0.286 e. The lowest BCUT2D eigenvalue weighted by Gasteiger charge is -2.38. The molecule has 1 aromatic carbocycles. The number of alkyl halides is 2. The van der Waals surface area contributed by atoms with Crippen LogP contribution in [-0.2, 0) is 10.0 Å². The Morgan fingerprint density at radius 2 is 1.91 bits per heavy atom. The SMILES string of the molecule is C[C@H]1CN(c2cc(S(=O)(=O)NC3(C)CC3)cc3c2cnn3C(=N)SC(=N)C(F)F)C[C@H](C)N1. The highest BCUT2D eigenvalue weighted by Crippen LogP contribution is 2.38. The lowest BCUT2D eigenvalue weighted by molar-refractivity contribution is 0.228. The van der Waals surface area contributed by atoms with Crippen molar-refractivity contribution in [1.82, 2.24) is 19.8 Å². The van der Waals surface area contributed by atoms with Crippen LogP contribution in [0.2, 0.25) is 0 Å². The van der Waals surface area contributed by atoms with Gasteiger partial charge in [0.05, 0.1) is 16.6 Å². The lowest BCUT2D eigenvalue weighted by Crippen LogP contribution is -2.54. The summed E-state index contributed by atoms with van der Waals surface area (Å²) in [5.41, 5.74) is 0.496. The molecule has 0 spiro atoms. The molecule has 2 aliphatic rings. The van der Waals surface area contributed by atoms with Gasteiger partial charge in [0.2, 0.25) is 10.0 Å². The minimum atomic E-state index is -3.86. The zero-order valence-corrected chi connectivity index (χ0v) is 20.2. The highest BCUT2D eigenvalue weighted by atomic mass is 32.2. The van der Waals surface area contributed by atoms with Gasteiger partial charge in [-0.2, -0.15) is 5.10 Å². The molecule has 2 fully saturated rings. The van der Waals surface area contributed by atoms with Gasteiger partial charge in [-0.25, -0.2) is 26.6 Å². The van der Waals surface area contributed by atoms with Crippen LogP contribution in [0.1, 0.15) is 33.6 Å². The summed E-state index contributed by atoms with van der Waals surface area (Å²) in [7, 11) is -3.86. The summed E-state index contributed by atoms with van der Waals surface area (Å²) >= 11 is 0.284. The molecule has 33 heavy (non-hydrogen) atoms. The van der Waals surface area contributed by atoms with Crippen LogP contribution >= 0.6 is 11.8 Å². The third kappa shape index (κ3) is 5.05. The van der Waals surface area contributed by atoms with E-state index in [4.69, 9.17) is 10.8 Å². The highest BCUT2D eigenvalue weighted by Gasteiger charge is 2.41. The number of piperazine rings is 1. The van der Waals surface area contributed by atoms with Gasteiger partial charge in [0.25, 0.3) is 6.43 Å². The van der Waals surface area contributed by atoms with Crippen molar-refractivity contribution in [2.75, 3.05) is 18.0 Å². The predicted molar refractivity (Wildman–Crippen MR) is 126 cm³/mol. The van der Waals surface area contributed by atoms with Crippen LogP contribution in [0.4, 0.5) is 14.5 Å². The monoisotopic (exact) mass is 499 g/mol. The molecule has 1 aromatic heterocycles. The topological polar surface area (TPSA) is 127 Å². The van der Waals surface area contributed by atoms with E-state index in [1.807, 2.05) is 20.8 Å². The zero-order chi connectivity index (χ0) is 24.1. The first-order chi connectivity index (χ1) is 15.4.